The molecule has 126 valence electrons. The van der Waals surface area contributed by atoms with Gasteiger partial charge in [-0.15, -0.1) is 0 Å². The fourth-order valence-corrected chi connectivity index (χ4v) is 2.74. The molecule has 0 radical (unpaired) electrons. The van der Waals surface area contributed by atoms with E-state index in [4.69, 9.17) is 0 Å². The van der Waals surface area contributed by atoms with E-state index in [1.165, 1.54) is 4.90 Å². The molecule has 1 heterocycles. The molecule has 1 unspecified atom stereocenters. The zero-order valence-corrected chi connectivity index (χ0v) is 14.3. The highest BCUT2D eigenvalue weighted by molar-refractivity contribution is 6.03. The van der Waals surface area contributed by atoms with Crippen molar-refractivity contribution in [3.63, 3.8) is 0 Å². The molecule has 0 saturated carbocycles. The fourth-order valence-electron chi connectivity index (χ4n) is 2.74. The van der Waals surface area contributed by atoms with Crippen molar-refractivity contribution in [1.29, 1.82) is 0 Å². The second-order valence-corrected chi connectivity index (χ2v) is 6.25. The molecule has 1 fully saturated rings. The van der Waals surface area contributed by atoms with Gasteiger partial charge in [0, 0.05) is 33.2 Å². The minimum absolute atomic E-state index is 0.0253. The first-order valence-electron chi connectivity index (χ1n) is 7.98. The number of anilines is 1. The van der Waals surface area contributed by atoms with E-state index in [0.717, 1.165) is 24.9 Å². The van der Waals surface area contributed by atoms with Gasteiger partial charge in [-0.05, 0) is 38.9 Å². The van der Waals surface area contributed by atoms with Crippen LogP contribution >= 0.6 is 0 Å². The first kappa shape index (κ1) is 17.3. The van der Waals surface area contributed by atoms with Crippen LogP contribution in [0.25, 0.3) is 0 Å². The maximum absolute atomic E-state index is 12.9. The minimum Gasteiger partial charge on any atom is -0.337 e. The molecule has 23 heavy (non-hydrogen) atoms. The molecule has 6 heteroatoms. The highest BCUT2D eigenvalue weighted by Crippen LogP contribution is 2.22. The summed E-state index contributed by atoms with van der Waals surface area (Å²) in [5, 5.41) is 6.05. The average Bonchev–Trinajstić information content (AvgIpc) is 2.55. The van der Waals surface area contributed by atoms with E-state index in [9.17, 15) is 9.59 Å². The van der Waals surface area contributed by atoms with Gasteiger partial charge in [-0.1, -0.05) is 11.6 Å². The number of carbonyl (C=O) groups is 2. The molecule has 0 spiro atoms. The van der Waals surface area contributed by atoms with Crippen LogP contribution in [-0.4, -0.2) is 62.0 Å². The van der Waals surface area contributed by atoms with Gasteiger partial charge in [-0.2, -0.15) is 0 Å². The van der Waals surface area contributed by atoms with Crippen LogP contribution in [-0.2, 0) is 0 Å². The zero-order valence-electron chi connectivity index (χ0n) is 14.3. The van der Waals surface area contributed by atoms with Gasteiger partial charge >= 0.3 is 6.03 Å². The number of hydrogen-bond acceptors (Lipinski definition) is 3. The highest BCUT2D eigenvalue weighted by atomic mass is 16.2. The Labute approximate surface area is 137 Å². The molecule has 3 amide bonds. The van der Waals surface area contributed by atoms with Crippen molar-refractivity contribution in [2.24, 2.45) is 0 Å². The number of benzene rings is 1. The third-order valence-corrected chi connectivity index (χ3v) is 4.17. The van der Waals surface area contributed by atoms with E-state index in [-0.39, 0.29) is 11.9 Å². The predicted molar refractivity (Wildman–Crippen MR) is 91.9 cm³/mol. The van der Waals surface area contributed by atoms with E-state index in [1.807, 2.05) is 31.0 Å². The Morgan fingerprint density at radius 1 is 1.30 bits per heavy atom. The number of rotatable bonds is 3. The van der Waals surface area contributed by atoms with Gasteiger partial charge in [0.05, 0.1) is 11.3 Å². The van der Waals surface area contributed by atoms with Crippen molar-refractivity contribution in [2.45, 2.75) is 25.8 Å². The molecule has 0 bridgehead atoms. The zero-order chi connectivity index (χ0) is 17.0. The van der Waals surface area contributed by atoms with Crippen LogP contribution in [0.5, 0.6) is 0 Å². The summed E-state index contributed by atoms with van der Waals surface area (Å²) >= 11 is 0. The number of likely N-dealkylation sites (N-methyl/N-ethyl adjacent to an activating group) is 1. The summed E-state index contributed by atoms with van der Waals surface area (Å²) in [4.78, 5) is 28.2. The standard InChI is InChI=1S/C17H26N4O2/c1-12-7-8-15(19-17(23)20(3)4)14(10-12)16(22)21-9-5-6-13(11-21)18-2/h7-8,10,13,18H,5-6,9,11H2,1-4H3,(H,19,23). The Morgan fingerprint density at radius 3 is 2.70 bits per heavy atom. The summed E-state index contributed by atoms with van der Waals surface area (Å²) in [6.07, 6.45) is 2.07. The largest absolute Gasteiger partial charge is 0.337 e. The van der Waals surface area contributed by atoms with E-state index in [0.29, 0.717) is 23.8 Å². The molecule has 0 aromatic heterocycles. The number of nitrogens with one attached hydrogen (secondary N) is 2. The number of nitrogens with zero attached hydrogens (tertiary/aromatic N) is 2. The number of hydrogen-bond donors (Lipinski definition) is 2. The molecular formula is C17H26N4O2. The number of amides is 3. The molecule has 1 aromatic rings. The molecule has 1 aliphatic rings. The maximum Gasteiger partial charge on any atom is 0.321 e. The first-order valence-corrected chi connectivity index (χ1v) is 7.98. The summed E-state index contributed by atoms with van der Waals surface area (Å²) < 4.78 is 0. The normalized spacial score (nSPS) is 17.7. The van der Waals surface area contributed by atoms with Crippen LogP contribution < -0.4 is 10.6 Å². The summed E-state index contributed by atoms with van der Waals surface area (Å²) in [6.45, 7) is 3.40. The summed E-state index contributed by atoms with van der Waals surface area (Å²) in [5.41, 5.74) is 2.11. The highest BCUT2D eigenvalue weighted by Gasteiger charge is 2.25. The first-order chi connectivity index (χ1) is 10.9. The van der Waals surface area contributed by atoms with Crippen LogP contribution in [0.4, 0.5) is 10.5 Å². The molecule has 1 saturated heterocycles. The van der Waals surface area contributed by atoms with Crippen molar-refractivity contribution >= 4 is 17.6 Å². The third kappa shape index (κ3) is 4.22. The van der Waals surface area contributed by atoms with Crippen LogP contribution in [0, 0.1) is 6.92 Å². The molecule has 1 aliphatic heterocycles. The van der Waals surface area contributed by atoms with Gasteiger partial charge in [0.2, 0.25) is 0 Å². The van der Waals surface area contributed by atoms with Crippen LogP contribution in [0.2, 0.25) is 0 Å². The van der Waals surface area contributed by atoms with Gasteiger partial charge in [-0.25, -0.2) is 4.79 Å². The van der Waals surface area contributed by atoms with Gasteiger partial charge < -0.3 is 20.4 Å². The van der Waals surface area contributed by atoms with Crippen LogP contribution in [0.1, 0.15) is 28.8 Å². The lowest BCUT2D eigenvalue weighted by molar-refractivity contribution is 0.0699. The van der Waals surface area contributed by atoms with Crippen molar-refractivity contribution in [2.75, 3.05) is 39.5 Å². The number of aryl methyl sites for hydroxylation is 1. The Bertz CT molecular complexity index is 586. The molecule has 2 rings (SSSR count). The maximum atomic E-state index is 12.9. The monoisotopic (exact) mass is 318 g/mol. The number of piperidine rings is 1. The second kappa shape index (κ2) is 7.46. The third-order valence-electron chi connectivity index (χ3n) is 4.17. The summed E-state index contributed by atoms with van der Waals surface area (Å²) in [6, 6.07) is 5.63. The summed E-state index contributed by atoms with van der Waals surface area (Å²) in [5.74, 6) is -0.0253. The number of carbonyl (C=O) groups excluding carboxylic acids is 2. The van der Waals surface area contributed by atoms with E-state index >= 15 is 0 Å². The van der Waals surface area contributed by atoms with Gasteiger partial charge in [-0.3, -0.25) is 4.79 Å². The van der Waals surface area contributed by atoms with Crippen molar-refractivity contribution in [3.05, 3.63) is 29.3 Å². The van der Waals surface area contributed by atoms with E-state index < -0.39 is 0 Å². The topological polar surface area (TPSA) is 64.7 Å². The lowest BCUT2D eigenvalue weighted by atomic mass is 10.0. The fraction of sp³-hybridized carbons (Fsp3) is 0.529. The number of urea groups is 1. The van der Waals surface area contributed by atoms with Crippen LogP contribution in [0.15, 0.2) is 18.2 Å². The molecule has 0 aliphatic carbocycles. The Balaban J connectivity index is 2.24. The Kier molecular flexibility index (Phi) is 5.60. The molecular weight excluding hydrogens is 292 g/mol. The quantitative estimate of drug-likeness (QED) is 0.895. The molecule has 2 N–H and O–H groups in total. The smallest absolute Gasteiger partial charge is 0.321 e. The minimum atomic E-state index is -0.241. The summed E-state index contributed by atoms with van der Waals surface area (Å²) in [7, 11) is 5.27. The Morgan fingerprint density at radius 2 is 2.04 bits per heavy atom. The lowest BCUT2D eigenvalue weighted by Crippen LogP contribution is -2.47. The number of likely N-dealkylation sites (tertiary alicyclic amines) is 1. The Hall–Kier alpha value is -2.08. The molecule has 1 atom stereocenters. The van der Waals surface area contributed by atoms with Gasteiger partial charge in [0.15, 0.2) is 0 Å². The lowest BCUT2D eigenvalue weighted by Gasteiger charge is -2.33. The van der Waals surface area contributed by atoms with E-state index in [1.54, 1.807) is 20.2 Å². The second-order valence-electron chi connectivity index (χ2n) is 6.25. The van der Waals surface area contributed by atoms with Crippen molar-refractivity contribution < 1.29 is 9.59 Å². The average molecular weight is 318 g/mol. The van der Waals surface area contributed by atoms with Crippen LogP contribution in [0.3, 0.4) is 0 Å². The van der Waals surface area contributed by atoms with Crippen molar-refractivity contribution in [3.8, 4) is 0 Å². The predicted octanol–water partition coefficient (Wildman–Crippen LogP) is 1.91. The van der Waals surface area contributed by atoms with Gasteiger partial charge in [0.1, 0.15) is 0 Å². The van der Waals surface area contributed by atoms with Gasteiger partial charge in [0.25, 0.3) is 5.91 Å². The molecule has 1 aromatic carbocycles. The van der Waals surface area contributed by atoms with E-state index in [2.05, 4.69) is 10.6 Å². The SMILES string of the molecule is CNC1CCCN(C(=O)c2cc(C)ccc2NC(=O)N(C)C)C1. The molecule has 6 nitrogen and oxygen atoms in total. The van der Waals surface area contributed by atoms with Crippen molar-refractivity contribution in [1.82, 2.24) is 15.1 Å².